The second kappa shape index (κ2) is 12.2. The second-order valence-corrected chi connectivity index (χ2v) is 15.0. The zero-order valence-electron chi connectivity index (χ0n) is 27.0. The van der Waals surface area contributed by atoms with E-state index in [0.29, 0.717) is 22.6 Å². The Morgan fingerprint density at radius 1 is 1.15 bits per heavy atom. The minimum atomic E-state index is -0.595. The van der Waals surface area contributed by atoms with Gasteiger partial charge in [-0.05, 0) is 73.0 Å². The smallest absolute Gasteiger partial charge is 0.269 e. The number of primary amides is 1. The van der Waals surface area contributed by atoms with Crippen molar-refractivity contribution < 1.29 is 14.3 Å². The number of nitrogens with zero attached hydrogens (tertiary/aromatic N) is 3. The molecule has 1 atom stereocenters. The number of hydrogen-bond donors (Lipinski definition) is 2. The number of pyridine rings is 1. The maximum Gasteiger partial charge on any atom is 0.269 e. The highest BCUT2D eigenvalue weighted by Crippen LogP contribution is 2.41. The van der Waals surface area contributed by atoms with E-state index in [1.807, 2.05) is 49.0 Å². The van der Waals surface area contributed by atoms with E-state index in [-0.39, 0.29) is 22.5 Å². The fraction of sp³-hybridized carbons (Fsp3) is 0.324. The Hall–Kier alpha value is -4.05. The van der Waals surface area contributed by atoms with Crippen molar-refractivity contribution in [2.45, 2.75) is 51.0 Å². The van der Waals surface area contributed by atoms with E-state index in [1.54, 1.807) is 17.2 Å². The van der Waals surface area contributed by atoms with Crippen molar-refractivity contribution >= 4 is 68.4 Å². The van der Waals surface area contributed by atoms with E-state index in [4.69, 9.17) is 22.1 Å². The summed E-state index contributed by atoms with van der Waals surface area (Å²) in [5.74, 6) is -0.671. The van der Waals surface area contributed by atoms with Crippen molar-refractivity contribution in [2.75, 3.05) is 35.8 Å². The molecule has 1 unspecified atom stereocenters. The molecule has 47 heavy (non-hydrogen) atoms. The average molecular weight is 668 g/mol. The number of benzene rings is 3. The van der Waals surface area contributed by atoms with Crippen LogP contribution < -0.4 is 15.5 Å². The summed E-state index contributed by atoms with van der Waals surface area (Å²) in [6.07, 6.45) is 6.07. The highest BCUT2D eigenvalue weighted by Gasteiger charge is 2.31. The van der Waals surface area contributed by atoms with Gasteiger partial charge >= 0.3 is 0 Å². The molecule has 1 saturated heterocycles. The summed E-state index contributed by atoms with van der Waals surface area (Å²) in [6.45, 7) is 9.50. The van der Waals surface area contributed by atoms with Gasteiger partial charge in [0.15, 0.2) is 5.69 Å². The predicted molar refractivity (Wildman–Crippen MR) is 193 cm³/mol. The van der Waals surface area contributed by atoms with Crippen LogP contribution >= 0.6 is 23.4 Å². The van der Waals surface area contributed by atoms with Crippen LogP contribution in [0.1, 0.15) is 58.7 Å². The van der Waals surface area contributed by atoms with Gasteiger partial charge in [0.2, 0.25) is 0 Å². The first-order chi connectivity index (χ1) is 22.5. The van der Waals surface area contributed by atoms with Gasteiger partial charge in [0.25, 0.3) is 11.8 Å². The number of nitrogens with two attached hydrogens (primary N) is 1. The first-order valence-corrected chi connectivity index (χ1v) is 17.5. The molecular formula is C37H38ClN5O3S. The molecule has 3 aromatic carbocycles. The van der Waals surface area contributed by atoms with Crippen LogP contribution in [0.15, 0.2) is 60.8 Å². The van der Waals surface area contributed by atoms with E-state index < -0.39 is 5.91 Å². The molecule has 10 heteroatoms. The largest absolute Gasteiger partial charge is 0.376 e. The van der Waals surface area contributed by atoms with E-state index in [0.717, 1.165) is 82.5 Å². The lowest BCUT2D eigenvalue weighted by molar-refractivity contribution is 0.0631. The SMILES string of the molecule is CSC(C)(C)CCOC1CCN(c2ccc3c(c2)[nH]c2c(C(N)=O)ncc(-c4cccc(N5Cc6ccc(Cl)cc6C5=O)c4C)c23)C1. The van der Waals surface area contributed by atoms with Crippen LogP contribution in [0.3, 0.4) is 0 Å². The Morgan fingerprint density at radius 3 is 2.77 bits per heavy atom. The van der Waals surface area contributed by atoms with E-state index >= 15 is 0 Å². The van der Waals surface area contributed by atoms with Crippen molar-refractivity contribution in [3.63, 3.8) is 0 Å². The van der Waals surface area contributed by atoms with Crippen LogP contribution in [0.2, 0.25) is 5.02 Å². The number of rotatable bonds is 9. The van der Waals surface area contributed by atoms with Crippen LogP contribution in [0, 0.1) is 6.92 Å². The van der Waals surface area contributed by atoms with Crippen LogP contribution in [0.25, 0.3) is 32.9 Å². The highest BCUT2D eigenvalue weighted by molar-refractivity contribution is 7.99. The van der Waals surface area contributed by atoms with Crippen LogP contribution in [-0.2, 0) is 11.3 Å². The van der Waals surface area contributed by atoms with Crippen LogP contribution in [0.5, 0.6) is 0 Å². The molecule has 0 saturated carbocycles. The molecule has 2 aromatic heterocycles. The Bertz CT molecular complexity index is 2060. The van der Waals surface area contributed by atoms with Gasteiger partial charge in [-0.3, -0.25) is 9.59 Å². The summed E-state index contributed by atoms with van der Waals surface area (Å²) in [6, 6.07) is 17.8. The lowest BCUT2D eigenvalue weighted by atomic mass is 9.95. The van der Waals surface area contributed by atoms with Gasteiger partial charge in [-0.1, -0.05) is 49.7 Å². The number of carbonyl (C=O) groups is 2. The van der Waals surface area contributed by atoms with E-state index in [2.05, 4.69) is 53.2 Å². The fourth-order valence-electron chi connectivity index (χ4n) is 6.84. The number of fused-ring (bicyclic) bond motifs is 4. The summed E-state index contributed by atoms with van der Waals surface area (Å²) >= 11 is 8.08. The summed E-state index contributed by atoms with van der Waals surface area (Å²) in [5.41, 5.74) is 13.7. The number of nitrogens with one attached hydrogen (secondary N) is 1. The number of aromatic amines is 1. The number of H-pyrrole nitrogens is 1. The number of ether oxygens (including phenoxy) is 1. The minimum Gasteiger partial charge on any atom is -0.376 e. The predicted octanol–water partition coefficient (Wildman–Crippen LogP) is 7.73. The minimum absolute atomic E-state index is 0.0759. The molecule has 0 bridgehead atoms. The Kier molecular flexibility index (Phi) is 8.18. The monoisotopic (exact) mass is 667 g/mol. The molecule has 0 radical (unpaired) electrons. The first kappa shape index (κ1) is 31.5. The van der Waals surface area contributed by atoms with Gasteiger partial charge < -0.3 is 25.3 Å². The van der Waals surface area contributed by atoms with Gasteiger partial charge in [0.05, 0.1) is 18.2 Å². The van der Waals surface area contributed by atoms with Crippen molar-refractivity contribution in [3.8, 4) is 11.1 Å². The van der Waals surface area contributed by atoms with Gasteiger partial charge in [0.1, 0.15) is 0 Å². The molecule has 2 aliphatic rings. The number of carbonyl (C=O) groups excluding carboxylic acids is 2. The fourth-order valence-corrected chi connectivity index (χ4v) is 7.30. The molecule has 1 fully saturated rings. The molecule has 242 valence electrons. The molecule has 8 nitrogen and oxygen atoms in total. The van der Waals surface area contributed by atoms with Gasteiger partial charge in [-0.25, -0.2) is 4.98 Å². The molecule has 0 aliphatic carbocycles. The maximum absolute atomic E-state index is 13.5. The molecule has 2 amide bonds. The van der Waals surface area contributed by atoms with Gasteiger partial charge in [-0.15, -0.1) is 0 Å². The van der Waals surface area contributed by atoms with E-state index in [1.165, 1.54) is 0 Å². The van der Waals surface area contributed by atoms with Crippen molar-refractivity contribution in [3.05, 3.63) is 88.2 Å². The number of thioether (sulfide) groups is 1. The third-order valence-corrected chi connectivity index (χ3v) is 11.3. The molecule has 3 N–H and O–H groups in total. The van der Waals surface area contributed by atoms with Crippen molar-refractivity contribution in [1.29, 1.82) is 0 Å². The molecule has 7 rings (SSSR count). The van der Waals surface area contributed by atoms with Crippen molar-refractivity contribution in [2.24, 2.45) is 5.73 Å². The highest BCUT2D eigenvalue weighted by atomic mass is 35.5. The summed E-state index contributed by atoms with van der Waals surface area (Å²) < 4.78 is 6.48. The lowest BCUT2D eigenvalue weighted by Gasteiger charge is -2.23. The van der Waals surface area contributed by atoms with Crippen LogP contribution in [0.4, 0.5) is 11.4 Å². The van der Waals surface area contributed by atoms with E-state index in [9.17, 15) is 9.59 Å². The Labute approximate surface area is 283 Å². The number of anilines is 2. The lowest BCUT2D eigenvalue weighted by Crippen LogP contribution is -2.24. The van der Waals surface area contributed by atoms with Gasteiger partial charge in [-0.2, -0.15) is 11.8 Å². The van der Waals surface area contributed by atoms with Gasteiger partial charge in [0, 0.05) is 74.5 Å². The standard InChI is InChI=1S/C37H38ClN5O3S/c1-21-26(6-5-7-31(21)43-19-22-8-9-23(38)16-28(22)36(43)45)29-18-40-34(35(39)44)33-32(29)27-11-10-24(17-30(27)41-33)42-14-12-25(20-42)46-15-13-37(2,3)47-4/h5-11,16-18,25,41H,12-15,19-20H2,1-4H3,(H2,39,44). The second-order valence-electron chi connectivity index (χ2n) is 13.1. The topological polar surface area (TPSA) is 105 Å². The summed E-state index contributed by atoms with van der Waals surface area (Å²) in [5, 5.41) is 2.38. The number of aromatic nitrogens is 2. The molecule has 0 spiro atoms. The normalized spacial score (nSPS) is 16.5. The molecule has 5 aromatic rings. The third kappa shape index (κ3) is 5.75. The van der Waals surface area contributed by atoms with Crippen molar-refractivity contribution in [1.82, 2.24) is 9.97 Å². The Balaban J connectivity index is 1.23. The molecular weight excluding hydrogens is 630 g/mol. The number of hydrogen-bond acceptors (Lipinski definition) is 6. The zero-order valence-corrected chi connectivity index (χ0v) is 28.6. The van der Waals surface area contributed by atoms with Crippen LogP contribution in [-0.4, -0.2) is 58.6 Å². The summed E-state index contributed by atoms with van der Waals surface area (Å²) in [7, 11) is 0. The molecule has 4 heterocycles. The third-order valence-electron chi connectivity index (χ3n) is 9.73. The quantitative estimate of drug-likeness (QED) is 0.167. The number of halogens is 1. The summed E-state index contributed by atoms with van der Waals surface area (Å²) in [4.78, 5) is 38.2. The zero-order chi connectivity index (χ0) is 33.0. The number of amides is 2. The maximum atomic E-state index is 13.5. The Morgan fingerprint density at radius 2 is 1.98 bits per heavy atom. The first-order valence-electron chi connectivity index (χ1n) is 15.9. The average Bonchev–Trinajstić information content (AvgIpc) is 3.76. The molecule has 2 aliphatic heterocycles.